The molecule has 1 amide bonds. The van der Waals surface area contributed by atoms with Gasteiger partial charge in [0.1, 0.15) is 5.75 Å². The number of nitrogens with one attached hydrogen (secondary N) is 2. The van der Waals surface area contributed by atoms with Gasteiger partial charge in [-0.05, 0) is 30.2 Å². The van der Waals surface area contributed by atoms with Gasteiger partial charge < -0.3 is 15.4 Å². The fourth-order valence-electron chi connectivity index (χ4n) is 2.39. The Morgan fingerprint density at radius 1 is 1.14 bits per heavy atom. The smallest absolute Gasteiger partial charge is 0.253 e. The third-order valence-electron chi connectivity index (χ3n) is 3.44. The van der Waals surface area contributed by atoms with Gasteiger partial charge in [-0.15, -0.1) is 0 Å². The Kier molecular flexibility index (Phi) is 3.60. The van der Waals surface area contributed by atoms with Crippen LogP contribution in [-0.2, 0) is 6.42 Å². The van der Waals surface area contributed by atoms with E-state index in [0.29, 0.717) is 18.5 Å². The molecule has 0 aliphatic rings. The summed E-state index contributed by atoms with van der Waals surface area (Å²) >= 11 is 0. The summed E-state index contributed by atoms with van der Waals surface area (Å²) in [7, 11) is 0. The first kappa shape index (κ1) is 13.2. The maximum atomic E-state index is 12.2. The molecular weight excluding hydrogens is 264 g/mol. The van der Waals surface area contributed by atoms with Crippen LogP contribution in [0.2, 0.25) is 0 Å². The summed E-state index contributed by atoms with van der Waals surface area (Å²) in [6.07, 6.45) is 2.41. The third-order valence-corrected chi connectivity index (χ3v) is 3.44. The fourth-order valence-corrected chi connectivity index (χ4v) is 2.39. The molecular formula is C17H16N2O2. The van der Waals surface area contributed by atoms with Gasteiger partial charge in [0.15, 0.2) is 0 Å². The Hall–Kier alpha value is -2.75. The standard InChI is InChI=1S/C17H16N2O2/c20-13-5-3-4-12(10-13)8-9-18-17(21)15-11-19-16-7-2-1-6-14(15)16/h1-7,10-11,19-20H,8-9H2,(H,18,21). The Labute approximate surface area is 122 Å². The normalized spacial score (nSPS) is 10.7. The molecule has 0 bridgehead atoms. The Morgan fingerprint density at radius 2 is 2.00 bits per heavy atom. The topological polar surface area (TPSA) is 65.1 Å². The van der Waals surface area contributed by atoms with Crippen molar-refractivity contribution in [3.8, 4) is 5.75 Å². The Balaban J connectivity index is 1.64. The van der Waals surface area contributed by atoms with Gasteiger partial charge in [-0.3, -0.25) is 4.79 Å². The minimum absolute atomic E-state index is 0.0902. The number of phenolic OH excluding ortho intramolecular Hbond substituents is 1. The number of aromatic hydroxyl groups is 1. The lowest BCUT2D eigenvalue weighted by Gasteiger charge is -2.05. The summed E-state index contributed by atoms with van der Waals surface area (Å²) in [6.45, 7) is 0.530. The predicted octanol–water partition coefficient (Wildman–Crippen LogP) is 2.85. The molecule has 0 atom stereocenters. The molecule has 106 valence electrons. The van der Waals surface area contributed by atoms with Crippen molar-refractivity contribution < 1.29 is 9.90 Å². The zero-order valence-electron chi connectivity index (χ0n) is 11.5. The maximum absolute atomic E-state index is 12.2. The zero-order valence-corrected chi connectivity index (χ0v) is 11.5. The number of carbonyl (C=O) groups excluding carboxylic acids is 1. The van der Waals surface area contributed by atoms with Crippen LogP contribution in [0.4, 0.5) is 0 Å². The van der Waals surface area contributed by atoms with Crippen molar-refractivity contribution in [1.29, 1.82) is 0 Å². The molecule has 2 aromatic carbocycles. The molecule has 0 spiro atoms. The molecule has 0 aliphatic carbocycles. The average Bonchev–Trinajstić information content (AvgIpc) is 2.91. The van der Waals surface area contributed by atoms with Crippen molar-refractivity contribution in [3.05, 3.63) is 65.9 Å². The number of carbonyl (C=O) groups is 1. The summed E-state index contributed by atoms with van der Waals surface area (Å²) in [5.41, 5.74) is 2.60. The number of aromatic nitrogens is 1. The number of hydrogen-bond donors (Lipinski definition) is 3. The lowest BCUT2D eigenvalue weighted by atomic mass is 10.1. The highest BCUT2D eigenvalue weighted by molar-refractivity contribution is 6.06. The molecule has 0 saturated heterocycles. The molecule has 0 saturated carbocycles. The summed E-state index contributed by atoms with van der Waals surface area (Å²) in [4.78, 5) is 15.3. The molecule has 1 heterocycles. The number of H-pyrrole nitrogens is 1. The van der Waals surface area contributed by atoms with Gasteiger partial charge in [-0.2, -0.15) is 0 Å². The fraction of sp³-hybridized carbons (Fsp3) is 0.118. The van der Waals surface area contributed by atoms with Crippen LogP contribution in [0.1, 0.15) is 15.9 Å². The van der Waals surface area contributed by atoms with Crippen molar-refractivity contribution in [2.24, 2.45) is 0 Å². The van der Waals surface area contributed by atoms with Crippen molar-refractivity contribution in [2.45, 2.75) is 6.42 Å². The second kappa shape index (κ2) is 5.71. The first-order chi connectivity index (χ1) is 10.2. The number of hydrogen-bond acceptors (Lipinski definition) is 2. The van der Waals surface area contributed by atoms with E-state index in [1.165, 1.54) is 0 Å². The molecule has 3 N–H and O–H groups in total. The second-order valence-electron chi connectivity index (χ2n) is 4.92. The zero-order chi connectivity index (χ0) is 14.7. The first-order valence-corrected chi connectivity index (χ1v) is 6.86. The Bertz CT molecular complexity index is 777. The van der Waals surface area contributed by atoms with Crippen LogP contribution in [-0.4, -0.2) is 22.5 Å². The van der Waals surface area contributed by atoms with Gasteiger partial charge in [-0.25, -0.2) is 0 Å². The molecule has 4 heteroatoms. The molecule has 0 unspecified atom stereocenters. The minimum Gasteiger partial charge on any atom is -0.508 e. The van der Waals surface area contributed by atoms with E-state index in [1.54, 1.807) is 24.4 Å². The number of phenols is 1. The number of aromatic amines is 1. The number of para-hydroxylation sites is 1. The van der Waals surface area contributed by atoms with Crippen LogP contribution in [0.3, 0.4) is 0 Å². The van der Waals surface area contributed by atoms with Crippen LogP contribution in [0.25, 0.3) is 10.9 Å². The largest absolute Gasteiger partial charge is 0.508 e. The number of fused-ring (bicyclic) bond motifs is 1. The van der Waals surface area contributed by atoms with Crippen molar-refractivity contribution in [1.82, 2.24) is 10.3 Å². The monoisotopic (exact) mass is 280 g/mol. The lowest BCUT2D eigenvalue weighted by Crippen LogP contribution is -2.25. The summed E-state index contributed by atoms with van der Waals surface area (Å²) < 4.78 is 0. The van der Waals surface area contributed by atoms with Crippen molar-refractivity contribution in [2.75, 3.05) is 6.54 Å². The molecule has 3 aromatic rings. The molecule has 3 rings (SSSR count). The number of rotatable bonds is 4. The summed E-state index contributed by atoms with van der Waals surface area (Å²) in [5, 5.41) is 13.2. The van der Waals surface area contributed by atoms with Crippen LogP contribution < -0.4 is 5.32 Å². The van der Waals surface area contributed by atoms with Gasteiger partial charge >= 0.3 is 0 Å². The first-order valence-electron chi connectivity index (χ1n) is 6.86. The Morgan fingerprint density at radius 3 is 2.86 bits per heavy atom. The molecule has 1 aromatic heterocycles. The second-order valence-corrected chi connectivity index (χ2v) is 4.92. The van der Waals surface area contributed by atoms with Crippen molar-refractivity contribution >= 4 is 16.8 Å². The SMILES string of the molecule is O=C(NCCc1cccc(O)c1)c1c[nH]c2ccccc12. The van der Waals surface area contributed by atoms with Crippen LogP contribution in [0.15, 0.2) is 54.7 Å². The molecule has 0 aliphatic heterocycles. The average molecular weight is 280 g/mol. The number of benzene rings is 2. The van der Waals surface area contributed by atoms with E-state index >= 15 is 0 Å². The van der Waals surface area contributed by atoms with E-state index < -0.39 is 0 Å². The van der Waals surface area contributed by atoms with Crippen LogP contribution in [0.5, 0.6) is 5.75 Å². The summed E-state index contributed by atoms with van der Waals surface area (Å²) in [6, 6.07) is 14.8. The van der Waals surface area contributed by atoms with E-state index in [1.807, 2.05) is 30.3 Å². The highest BCUT2D eigenvalue weighted by atomic mass is 16.3. The van der Waals surface area contributed by atoms with Gasteiger partial charge in [0.25, 0.3) is 5.91 Å². The van der Waals surface area contributed by atoms with Crippen molar-refractivity contribution in [3.63, 3.8) is 0 Å². The van der Waals surface area contributed by atoms with E-state index in [4.69, 9.17) is 0 Å². The summed E-state index contributed by atoms with van der Waals surface area (Å²) in [5.74, 6) is 0.156. The molecule has 0 radical (unpaired) electrons. The van der Waals surface area contributed by atoms with E-state index in [2.05, 4.69) is 10.3 Å². The maximum Gasteiger partial charge on any atom is 0.253 e. The van der Waals surface area contributed by atoms with Crippen LogP contribution in [0, 0.1) is 0 Å². The lowest BCUT2D eigenvalue weighted by molar-refractivity contribution is 0.0956. The quantitative estimate of drug-likeness (QED) is 0.688. The van der Waals surface area contributed by atoms with Gasteiger partial charge in [0.2, 0.25) is 0 Å². The van der Waals surface area contributed by atoms with Gasteiger partial charge in [0, 0.05) is 23.6 Å². The number of amides is 1. The predicted molar refractivity (Wildman–Crippen MR) is 82.4 cm³/mol. The van der Waals surface area contributed by atoms with E-state index in [-0.39, 0.29) is 11.7 Å². The molecule has 0 fully saturated rings. The molecule has 4 nitrogen and oxygen atoms in total. The molecule has 21 heavy (non-hydrogen) atoms. The third kappa shape index (κ3) is 2.89. The van der Waals surface area contributed by atoms with E-state index in [0.717, 1.165) is 16.5 Å². The van der Waals surface area contributed by atoms with E-state index in [9.17, 15) is 9.90 Å². The van der Waals surface area contributed by atoms with Gasteiger partial charge in [0.05, 0.1) is 5.56 Å². The highest BCUT2D eigenvalue weighted by Gasteiger charge is 2.10. The minimum atomic E-state index is -0.0902. The van der Waals surface area contributed by atoms with Crippen LogP contribution >= 0.6 is 0 Å². The van der Waals surface area contributed by atoms with Gasteiger partial charge in [-0.1, -0.05) is 30.3 Å². The highest BCUT2D eigenvalue weighted by Crippen LogP contribution is 2.17.